The average molecular weight is 351 g/mol. The molecule has 1 aromatic rings. The van der Waals surface area contributed by atoms with Crippen LogP contribution in [0.25, 0.3) is 0 Å². The predicted molar refractivity (Wildman–Crippen MR) is 82.9 cm³/mol. The number of anilines is 1. The van der Waals surface area contributed by atoms with Gasteiger partial charge < -0.3 is 4.74 Å². The smallest absolute Gasteiger partial charge is 0.355 e. The van der Waals surface area contributed by atoms with Crippen molar-refractivity contribution in [2.45, 2.75) is 13.0 Å². The zero-order chi connectivity index (χ0) is 17.4. The van der Waals surface area contributed by atoms with Crippen LogP contribution in [0.4, 0.5) is 5.69 Å². The first kappa shape index (κ1) is 16.1. The summed E-state index contributed by atoms with van der Waals surface area (Å²) in [4.78, 5) is 49.0. The van der Waals surface area contributed by atoms with E-state index in [1.807, 2.05) is 0 Å². The minimum atomic E-state index is -1.29. The molecule has 0 radical (unpaired) electrons. The van der Waals surface area contributed by atoms with Gasteiger partial charge in [0.05, 0.1) is 17.6 Å². The third-order valence-electron chi connectivity index (χ3n) is 3.68. The van der Waals surface area contributed by atoms with Gasteiger partial charge in [-0.2, -0.15) is 0 Å². The van der Waals surface area contributed by atoms with Crippen LogP contribution in [0.1, 0.15) is 6.92 Å². The van der Waals surface area contributed by atoms with Crippen LogP contribution in [0.3, 0.4) is 0 Å². The normalized spacial score (nSPS) is 22.5. The Labute approximate surface area is 140 Å². The summed E-state index contributed by atoms with van der Waals surface area (Å²) in [7, 11) is 0. The van der Waals surface area contributed by atoms with Gasteiger partial charge in [0.1, 0.15) is 5.92 Å². The number of hydrogen-bond donors (Lipinski definition) is 0. The average Bonchev–Trinajstić information content (AvgIpc) is 3.07. The fourth-order valence-corrected chi connectivity index (χ4v) is 2.80. The van der Waals surface area contributed by atoms with E-state index in [-0.39, 0.29) is 18.0 Å². The minimum absolute atomic E-state index is 0.0623. The number of esters is 1. The number of carbonyl (C=O) groups excluding carboxylic acids is 3. The number of amides is 2. The fourth-order valence-electron chi connectivity index (χ4n) is 2.68. The number of hydrazone groups is 1. The molecule has 1 aromatic carbocycles. The Hall–Kier alpha value is -2.81. The van der Waals surface area contributed by atoms with Crippen LogP contribution in [0.2, 0.25) is 5.02 Å². The van der Waals surface area contributed by atoms with Crippen molar-refractivity contribution in [2.75, 3.05) is 11.5 Å². The molecule has 9 nitrogen and oxygen atoms in total. The van der Waals surface area contributed by atoms with Crippen LogP contribution in [-0.2, 0) is 19.1 Å². The van der Waals surface area contributed by atoms with Crippen LogP contribution in [0.5, 0.6) is 0 Å². The zero-order valence-electron chi connectivity index (χ0n) is 12.4. The van der Waals surface area contributed by atoms with E-state index in [9.17, 15) is 19.3 Å². The Bertz CT molecular complexity index is 763. The molecule has 2 aliphatic rings. The second kappa shape index (κ2) is 6.00. The number of halogens is 1. The fraction of sp³-hybridized carbons (Fsp3) is 0.286. The lowest BCUT2D eigenvalue weighted by Crippen LogP contribution is -2.36. The predicted octanol–water partition coefficient (Wildman–Crippen LogP) is 1.11. The van der Waals surface area contributed by atoms with Gasteiger partial charge >= 0.3 is 5.97 Å². The van der Waals surface area contributed by atoms with E-state index in [2.05, 4.69) is 10.4 Å². The van der Waals surface area contributed by atoms with E-state index in [0.29, 0.717) is 10.1 Å². The van der Waals surface area contributed by atoms with Crippen molar-refractivity contribution in [1.82, 2.24) is 5.12 Å². The third-order valence-corrected chi connectivity index (χ3v) is 3.93. The summed E-state index contributed by atoms with van der Waals surface area (Å²) in [6.07, 6.45) is 0. The van der Waals surface area contributed by atoms with Crippen molar-refractivity contribution in [3.63, 3.8) is 0 Å². The molecule has 0 aliphatic carbocycles. The Kier molecular flexibility index (Phi) is 4.02. The molecule has 0 N–H and O–H groups in total. The monoisotopic (exact) mass is 350 g/mol. The van der Waals surface area contributed by atoms with Gasteiger partial charge in [-0.3, -0.25) is 9.59 Å². The van der Waals surface area contributed by atoms with Crippen molar-refractivity contribution in [1.29, 1.82) is 0 Å². The number of imide groups is 1. The molecule has 2 amide bonds. The topological polar surface area (TPSA) is 109 Å². The van der Waals surface area contributed by atoms with Crippen LogP contribution >= 0.6 is 11.6 Å². The lowest BCUT2D eigenvalue weighted by Gasteiger charge is -2.16. The van der Waals surface area contributed by atoms with Crippen LogP contribution in [0.15, 0.2) is 34.7 Å². The molecule has 2 atom stereocenters. The summed E-state index contributed by atoms with van der Waals surface area (Å²) in [6, 6.07) is 4.71. The van der Waals surface area contributed by atoms with Gasteiger partial charge in [0.25, 0.3) is 5.91 Å². The molecule has 0 unspecified atom stereocenters. The first-order valence-corrected chi connectivity index (χ1v) is 7.39. The number of ether oxygens (including phenoxy) is 1. The summed E-state index contributed by atoms with van der Waals surface area (Å²) < 4.78 is 4.83. The van der Waals surface area contributed by atoms with Gasteiger partial charge in [-0.25, -0.2) is 9.69 Å². The lowest BCUT2D eigenvalue weighted by molar-refractivity contribution is -0.136. The van der Waals surface area contributed by atoms with Gasteiger partial charge in [0.15, 0.2) is 11.8 Å². The van der Waals surface area contributed by atoms with Crippen LogP contribution < -0.4 is 4.90 Å². The molecule has 10 heteroatoms. The van der Waals surface area contributed by atoms with Crippen LogP contribution in [-0.4, -0.2) is 41.3 Å². The summed E-state index contributed by atoms with van der Waals surface area (Å²) in [5.41, 5.74) is -0.0332. The maximum atomic E-state index is 12.7. The lowest BCUT2D eigenvalue weighted by atomic mass is 9.98. The number of benzene rings is 1. The second-order valence-electron chi connectivity index (χ2n) is 5.02. The minimum Gasteiger partial charge on any atom is -0.461 e. The van der Waals surface area contributed by atoms with E-state index >= 15 is 0 Å². The van der Waals surface area contributed by atoms with Crippen molar-refractivity contribution in [2.24, 2.45) is 16.3 Å². The van der Waals surface area contributed by atoms with E-state index in [1.54, 1.807) is 6.92 Å². The molecule has 1 fully saturated rings. The molecule has 2 heterocycles. The standard InChI is InChI=1S/C14H11ClN4O5/c1-2-24-14(22)10-9-11(19(16-10)17-23)13(21)18(12(9)20)8-5-3-7(15)4-6-8/h3-6,9,11H,2H2,1H3/t9-,11+/m1/s1. The third kappa shape index (κ3) is 2.33. The van der Waals surface area contributed by atoms with E-state index in [1.165, 1.54) is 24.3 Å². The number of rotatable bonds is 4. The van der Waals surface area contributed by atoms with Gasteiger partial charge in [-0.15, -0.1) is 15.1 Å². The van der Waals surface area contributed by atoms with Crippen LogP contribution in [0, 0.1) is 10.8 Å². The Balaban J connectivity index is 2.00. The molecule has 3 rings (SSSR count). The highest BCUT2D eigenvalue weighted by Crippen LogP contribution is 2.35. The SMILES string of the molecule is CCOC(=O)C1=NN(N=O)[C@@H]2C(=O)N(c3ccc(Cl)cc3)C(=O)[C@H]12. The van der Waals surface area contributed by atoms with Gasteiger partial charge in [-0.05, 0) is 31.2 Å². The Morgan fingerprint density at radius 1 is 1.29 bits per heavy atom. The number of nitroso groups, excluding NO2 is 1. The second-order valence-corrected chi connectivity index (χ2v) is 5.45. The summed E-state index contributed by atoms with van der Waals surface area (Å²) in [5.74, 6) is -3.47. The molecular weight excluding hydrogens is 340 g/mol. The summed E-state index contributed by atoms with van der Waals surface area (Å²) in [5, 5.41) is 7.24. The van der Waals surface area contributed by atoms with Crippen molar-refractivity contribution < 1.29 is 19.1 Å². The molecule has 24 heavy (non-hydrogen) atoms. The van der Waals surface area contributed by atoms with E-state index in [0.717, 1.165) is 4.90 Å². The number of nitrogens with zero attached hydrogens (tertiary/aromatic N) is 4. The number of carbonyl (C=O) groups is 3. The molecule has 2 aliphatic heterocycles. The Morgan fingerprint density at radius 2 is 1.96 bits per heavy atom. The molecule has 124 valence electrons. The first-order chi connectivity index (χ1) is 11.5. The van der Waals surface area contributed by atoms with Crippen molar-refractivity contribution in [3.05, 3.63) is 34.2 Å². The summed E-state index contributed by atoms with van der Waals surface area (Å²) >= 11 is 5.80. The molecule has 0 aromatic heterocycles. The number of hydrogen-bond acceptors (Lipinski definition) is 7. The first-order valence-electron chi connectivity index (χ1n) is 7.01. The van der Waals surface area contributed by atoms with Gasteiger partial charge in [0.2, 0.25) is 5.91 Å². The maximum absolute atomic E-state index is 12.7. The molecular formula is C14H11ClN4O5. The highest BCUT2D eigenvalue weighted by atomic mass is 35.5. The van der Waals surface area contributed by atoms with Crippen molar-refractivity contribution in [3.8, 4) is 0 Å². The van der Waals surface area contributed by atoms with Gasteiger partial charge in [-0.1, -0.05) is 11.6 Å². The van der Waals surface area contributed by atoms with Crippen molar-refractivity contribution >= 4 is 40.8 Å². The molecule has 1 saturated heterocycles. The van der Waals surface area contributed by atoms with E-state index in [4.69, 9.17) is 16.3 Å². The molecule has 0 bridgehead atoms. The molecule has 0 saturated carbocycles. The highest BCUT2D eigenvalue weighted by Gasteiger charge is 2.59. The Morgan fingerprint density at radius 3 is 2.54 bits per heavy atom. The van der Waals surface area contributed by atoms with E-state index < -0.39 is 29.7 Å². The zero-order valence-corrected chi connectivity index (χ0v) is 13.1. The molecule has 0 spiro atoms. The maximum Gasteiger partial charge on any atom is 0.355 e. The largest absolute Gasteiger partial charge is 0.461 e. The quantitative estimate of drug-likeness (QED) is 0.457. The summed E-state index contributed by atoms with van der Waals surface area (Å²) in [6.45, 7) is 1.65. The highest BCUT2D eigenvalue weighted by molar-refractivity contribution is 6.46. The van der Waals surface area contributed by atoms with Gasteiger partial charge in [0, 0.05) is 5.02 Å². The number of fused-ring (bicyclic) bond motifs is 1.